The van der Waals surface area contributed by atoms with E-state index in [2.05, 4.69) is 15.0 Å². The molecule has 31 heavy (non-hydrogen) atoms. The number of hydrogen-bond donors (Lipinski definition) is 3. The van der Waals surface area contributed by atoms with Gasteiger partial charge in [-0.3, -0.25) is 0 Å². The van der Waals surface area contributed by atoms with Gasteiger partial charge in [0.25, 0.3) is 0 Å². The highest BCUT2D eigenvalue weighted by Crippen LogP contribution is 2.42. The number of aromatic amines is 1. The SMILES string of the molecule is COc1ccc(-c2ncc3c(n2)-c2[nH]c(C(N)C4CCC4)c(C(=O)O)c2CC3)cc1F. The van der Waals surface area contributed by atoms with Crippen molar-refractivity contribution in [2.24, 2.45) is 11.7 Å². The molecule has 1 unspecified atom stereocenters. The molecule has 0 amide bonds. The lowest BCUT2D eigenvalue weighted by Gasteiger charge is -2.31. The van der Waals surface area contributed by atoms with Crippen LogP contribution in [0, 0.1) is 11.7 Å². The zero-order valence-electron chi connectivity index (χ0n) is 17.1. The van der Waals surface area contributed by atoms with Crippen LogP contribution in [0.1, 0.15) is 52.5 Å². The number of ether oxygens (including phenoxy) is 1. The molecule has 1 fully saturated rings. The molecule has 1 saturated carbocycles. The van der Waals surface area contributed by atoms with Gasteiger partial charge in [-0.15, -0.1) is 0 Å². The Morgan fingerprint density at radius 2 is 2.16 bits per heavy atom. The third-order valence-corrected chi connectivity index (χ3v) is 6.49. The number of fused-ring (bicyclic) bond motifs is 3. The number of hydrogen-bond acceptors (Lipinski definition) is 5. The van der Waals surface area contributed by atoms with Gasteiger partial charge in [0.1, 0.15) is 0 Å². The lowest BCUT2D eigenvalue weighted by molar-refractivity contribution is 0.0693. The first-order valence-electron chi connectivity index (χ1n) is 10.4. The first-order chi connectivity index (χ1) is 15.0. The minimum atomic E-state index is -0.975. The number of aromatic nitrogens is 3. The number of aromatic carboxylic acids is 1. The predicted octanol–water partition coefficient (Wildman–Crippen LogP) is 3.88. The zero-order chi connectivity index (χ0) is 21.7. The molecule has 4 N–H and O–H groups in total. The summed E-state index contributed by atoms with van der Waals surface area (Å²) in [7, 11) is 1.41. The van der Waals surface area contributed by atoms with Crippen molar-refractivity contribution in [1.82, 2.24) is 15.0 Å². The monoisotopic (exact) mass is 422 g/mol. The average molecular weight is 422 g/mol. The number of methoxy groups -OCH3 is 1. The summed E-state index contributed by atoms with van der Waals surface area (Å²) in [6.07, 6.45) is 6.09. The molecule has 0 aliphatic heterocycles. The number of nitrogens with two attached hydrogens (primary N) is 1. The van der Waals surface area contributed by atoms with Gasteiger partial charge in [-0.1, -0.05) is 6.42 Å². The molecule has 1 aromatic carbocycles. The summed E-state index contributed by atoms with van der Waals surface area (Å²) in [5, 5.41) is 9.93. The van der Waals surface area contributed by atoms with Crippen LogP contribution < -0.4 is 10.5 Å². The number of rotatable bonds is 5. The summed E-state index contributed by atoms with van der Waals surface area (Å²) in [6, 6.07) is 4.22. The molecule has 5 rings (SSSR count). The predicted molar refractivity (Wildman–Crippen MR) is 112 cm³/mol. The summed E-state index contributed by atoms with van der Waals surface area (Å²) < 4.78 is 19.2. The minimum Gasteiger partial charge on any atom is -0.494 e. The van der Waals surface area contributed by atoms with Gasteiger partial charge in [0, 0.05) is 23.5 Å². The molecule has 0 saturated heterocycles. The van der Waals surface area contributed by atoms with E-state index in [9.17, 15) is 14.3 Å². The molecular formula is C23H23FN4O3. The van der Waals surface area contributed by atoms with Gasteiger partial charge < -0.3 is 20.6 Å². The van der Waals surface area contributed by atoms with Crippen LogP contribution in [0.5, 0.6) is 5.75 Å². The number of halogens is 1. The van der Waals surface area contributed by atoms with Crippen molar-refractivity contribution in [1.29, 1.82) is 0 Å². The van der Waals surface area contributed by atoms with E-state index in [0.29, 0.717) is 47.2 Å². The highest BCUT2D eigenvalue weighted by atomic mass is 19.1. The normalized spacial score (nSPS) is 16.2. The van der Waals surface area contributed by atoms with Crippen LogP contribution in [0.3, 0.4) is 0 Å². The summed E-state index contributed by atoms with van der Waals surface area (Å²) in [5.74, 6) is -0.666. The fourth-order valence-electron chi connectivity index (χ4n) is 4.55. The maximum absolute atomic E-state index is 14.2. The lowest BCUT2D eigenvalue weighted by Crippen LogP contribution is -2.28. The molecule has 2 aromatic heterocycles. The van der Waals surface area contributed by atoms with Gasteiger partial charge in [-0.05, 0) is 60.9 Å². The van der Waals surface area contributed by atoms with E-state index < -0.39 is 11.8 Å². The number of nitrogens with zero attached hydrogens (tertiary/aromatic N) is 2. The smallest absolute Gasteiger partial charge is 0.337 e. The third-order valence-electron chi connectivity index (χ3n) is 6.49. The molecule has 2 heterocycles. The quantitative estimate of drug-likeness (QED) is 0.575. The number of carboxylic acids is 1. The van der Waals surface area contributed by atoms with E-state index in [1.165, 1.54) is 19.2 Å². The van der Waals surface area contributed by atoms with Crippen LogP contribution in [0.2, 0.25) is 0 Å². The third kappa shape index (κ3) is 3.18. The highest BCUT2D eigenvalue weighted by Gasteiger charge is 2.35. The summed E-state index contributed by atoms with van der Waals surface area (Å²) >= 11 is 0. The molecule has 160 valence electrons. The van der Waals surface area contributed by atoms with Crippen molar-refractivity contribution >= 4 is 5.97 Å². The Hall–Kier alpha value is -3.26. The molecule has 2 aliphatic carbocycles. The van der Waals surface area contributed by atoms with E-state index >= 15 is 0 Å². The Morgan fingerprint density at radius 3 is 2.81 bits per heavy atom. The number of carboxylic acid groups (broad SMARTS) is 1. The van der Waals surface area contributed by atoms with Crippen LogP contribution in [-0.4, -0.2) is 33.1 Å². The van der Waals surface area contributed by atoms with Crippen molar-refractivity contribution in [3.8, 4) is 28.5 Å². The van der Waals surface area contributed by atoms with Crippen molar-refractivity contribution < 1.29 is 19.0 Å². The molecule has 7 nitrogen and oxygen atoms in total. The minimum absolute atomic E-state index is 0.147. The van der Waals surface area contributed by atoms with Crippen molar-refractivity contribution in [2.45, 2.75) is 38.1 Å². The Bertz CT molecular complexity index is 1190. The van der Waals surface area contributed by atoms with Crippen molar-refractivity contribution in [3.05, 3.63) is 52.6 Å². The molecule has 0 spiro atoms. The Labute approximate surface area is 178 Å². The van der Waals surface area contributed by atoms with Crippen LogP contribution in [0.25, 0.3) is 22.8 Å². The average Bonchev–Trinajstić information content (AvgIpc) is 3.12. The van der Waals surface area contributed by atoms with Crippen molar-refractivity contribution in [2.75, 3.05) is 7.11 Å². The van der Waals surface area contributed by atoms with Crippen LogP contribution >= 0.6 is 0 Å². The molecule has 1 atom stereocenters. The maximum Gasteiger partial charge on any atom is 0.337 e. The second-order valence-electron chi connectivity index (χ2n) is 8.21. The van der Waals surface area contributed by atoms with Crippen LogP contribution in [-0.2, 0) is 12.8 Å². The topological polar surface area (TPSA) is 114 Å². The standard InChI is InChI=1S/C23H23FN4O3/c1-31-16-8-6-12(9-15(16)24)22-26-10-13-5-7-14-17(23(29)30)21(18(25)11-3-2-4-11)27-20(14)19(13)28-22/h6,8-11,18,27H,2-5,7,25H2,1H3,(H,29,30). The number of nitrogens with one attached hydrogen (secondary N) is 1. The first kappa shape index (κ1) is 19.7. The number of aryl methyl sites for hydroxylation is 1. The second-order valence-corrected chi connectivity index (χ2v) is 8.21. The molecular weight excluding hydrogens is 399 g/mol. The molecule has 2 aliphatic rings. The number of H-pyrrole nitrogens is 1. The van der Waals surface area contributed by atoms with Crippen molar-refractivity contribution in [3.63, 3.8) is 0 Å². The molecule has 3 aromatic rings. The van der Waals surface area contributed by atoms with E-state index in [4.69, 9.17) is 10.5 Å². The molecule has 0 radical (unpaired) electrons. The molecule has 0 bridgehead atoms. The van der Waals surface area contributed by atoms with Gasteiger partial charge in [0.15, 0.2) is 17.4 Å². The van der Waals surface area contributed by atoms with Crippen LogP contribution in [0.4, 0.5) is 4.39 Å². The first-order valence-corrected chi connectivity index (χ1v) is 10.4. The Morgan fingerprint density at radius 1 is 1.35 bits per heavy atom. The van der Waals surface area contributed by atoms with E-state index in [0.717, 1.165) is 30.4 Å². The van der Waals surface area contributed by atoms with E-state index in [-0.39, 0.29) is 17.4 Å². The van der Waals surface area contributed by atoms with Gasteiger partial charge >= 0.3 is 5.97 Å². The Kier molecular flexibility index (Phi) is 4.74. The lowest BCUT2D eigenvalue weighted by atomic mass is 9.78. The van der Waals surface area contributed by atoms with Gasteiger partial charge in [-0.2, -0.15) is 0 Å². The largest absolute Gasteiger partial charge is 0.494 e. The number of benzene rings is 1. The van der Waals surface area contributed by atoms with Gasteiger partial charge in [0.2, 0.25) is 0 Å². The highest BCUT2D eigenvalue weighted by molar-refractivity contribution is 5.94. The van der Waals surface area contributed by atoms with Gasteiger partial charge in [0.05, 0.1) is 24.1 Å². The number of carbonyl (C=O) groups is 1. The second kappa shape index (κ2) is 7.46. The Balaban J connectivity index is 1.61. The van der Waals surface area contributed by atoms with Gasteiger partial charge in [-0.25, -0.2) is 19.2 Å². The zero-order valence-corrected chi connectivity index (χ0v) is 17.1. The van der Waals surface area contributed by atoms with Crippen LogP contribution in [0.15, 0.2) is 24.4 Å². The maximum atomic E-state index is 14.2. The fraction of sp³-hybridized carbons (Fsp3) is 0.348. The van der Waals surface area contributed by atoms with E-state index in [1.54, 1.807) is 12.3 Å². The summed E-state index contributed by atoms with van der Waals surface area (Å²) in [6.45, 7) is 0. The fourth-order valence-corrected chi connectivity index (χ4v) is 4.55. The summed E-state index contributed by atoms with van der Waals surface area (Å²) in [4.78, 5) is 24.5. The summed E-state index contributed by atoms with van der Waals surface area (Å²) in [5.41, 5.74) is 10.8. The molecule has 8 heteroatoms. The van der Waals surface area contributed by atoms with E-state index in [1.807, 2.05) is 0 Å².